The molecule has 259 valence electrons. The van der Waals surface area contributed by atoms with Gasteiger partial charge in [0, 0.05) is 60.0 Å². The number of aromatic nitrogens is 3. The molecular weight excluding hydrogens is 815 g/mol. The van der Waals surface area contributed by atoms with Gasteiger partial charge in [-0.25, -0.2) is 4.98 Å². The Morgan fingerprint density at radius 3 is 2.17 bits per heavy atom. The van der Waals surface area contributed by atoms with E-state index < -0.39 is 27.4 Å². The zero-order valence-corrected chi connectivity index (χ0v) is 30.3. The molecule has 4 heterocycles. The second-order valence-corrected chi connectivity index (χ2v) is 12.6. The minimum absolute atomic E-state index is 0. The van der Waals surface area contributed by atoms with E-state index in [1.807, 2.05) is 12.1 Å². The summed E-state index contributed by atoms with van der Waals surface area (Å²) < 4.78 is 98.0. The van der Waals surface area contributed by atoms with Gasteiger partial charge >= 0.3 is 0 Å². The van der Waals surface area contributed by atoms with Crippen LogP contribution in [0.3, 0.4) is 0 Å². The first kappa shape index (κ1) is 23.4. The Kier molecular flexibility index (Phi) is 6.82. The van der Waals surface area contributed by atoms with Gasteiger partial charge in [-0.1, -0.05) is 78.5 Å². The Morgan fingerprint density at radius 1 is 0.635 bits per heavy atom. The van der Waals surface area contributed by atoms with Crippen LogP contribution < -0.4 is 0 Å². The number of aryl methyl sites for hydroxylation is 8. The van der Waals surface area contributed by atoms with Gasteiger partial charge in [-0.05, 0) is 114 Å². The predicted molar refractivity (Wildman–Crippen MR) is 208 cm³/mol. The molecule has 0 atom stereocenters. The average Bonchev–Trinajstić information content (AvgIpc) is 3.62. The molecule has 4 aromatic carbocycles. The fraction of sp³-hybridized carbons (Fsp3) is 0.170. The summed E-state index contributed by atoms with van der Waals surface area (Å²) in [6.07, 6.45) is 6.07. The molecule has 4 aromatic heterocycles. The molecule has 0 N–H and O–H groups in total. The van der Waals surface area contributed by atoms with Crippen LogP contribution in [0.25, 0.3) is 55.7 Å². The van der Waals surface area contributed by atoms with Crippen LogP contribution in [0.1, 0.15) is 61.1 Å². The van der Waals surface area contributed by atoms with Gasteiger partial charge in [0.25, 0.3) is 0 Å². The summed E-state index contributed by atoms with van der Waals surface area (Å²) in [4.78, 5) is 12.9. The van der Waals surface area contributed by atoms with Crippen LogP contribution in [0.15, 0.2) is 120 Å². The van der Waals surface area contributed by atoms with Crippen molar-refractivity contribution in [2.45, 2.75) is 53.1 Å². The number of hydrogen-bond acceptors (Lipinski definition) is 4. The maximum absolute atomic E-state index is 8.35. The number of furan rings is 1. The van der Waals surface area contributed by atoms with E-state index in [4.69, 9.17) is 20.9 Å². The Labute approximate surface area is 336 Å². The Bertz CT molecular complexity index is 2880. The molecule has 0 saturated carbocycles. The molecule has 0 aliphatic heterocycles. The van der Waals surface area contributed by atoms with Crippen LogP contribution in [0, 0.1) is 39.5 Å². The van der Waals surface area contributed by atoms with Crippen molar-refractivity contribution >= 4 is 22.1 Å². The van der Waals surface area contributed by atoms with Gasteiger partial charge in [0.15, 0.2) is 0 Å². The summed E-state index contributed by atoms with van der Waals surface area (Å²) in [5, 5.41) is 1.43. The monoisotopic (exact) mass is 866 g/mol. The van der Waals surface area contributed by atoms with E-state index in [9.17, 15) is 0 Å². The van der Waals surface area contributed by atoms with E-state index >= 15 is 0 Å². The Hall–Kier alpha value is -5.22. The first-order chi connectivity index (χ1) is 29.7. The van der Waals surface area contributed by atoms with Crippen LogP contribution in [-0.2, 0) is 45.8 Å². The van der Waals surface area contributed by atoms with Crippen molar-refractivity contribution in [3.63, 3.8) is 0 Å². The molecule has 12 rings (SSSR count). The van der Waals surface area contributed by atoms with Gasteiger partial charge in [0.05, 0.1) is 5.58 Å². The van der Waals surface area contributed by atoms with E-state index in [0.29, 0.717) is 39.0 Å². The molecule has 0 unspecified atom stereocenters. The third-order valence-electron chi connectivity index (χ3n) is 9.18. The summed E-state index contributed by atoms with van der Waals surface area (Å²) in [5.74, 6) is 0. The number of fused-ring (bicyclic) bond motifs is 3. The molecule has 5 heteroatoms. The van der Waals surface area contributed by atoms with Crippen LogP contribution in [0.2, 0.25) is 0 Å². The number of hydrogen-bond donors (Lipinski definition) is 0. The summed E-state index contributed by atoms with van der Waals surface area (Å²) in [5.41, 5.74) is 9.66. The summed E-state index contributed by atoms with van der Waals surface area (Å²) in [6.45, 7) is -9.08. The van der Waals surface area contributed by atoms with Crippen molar-refractivity contribution in [2.75, 3.05) is 0 Å². The fourth-order valence-corrected chi connectivity index (χ4v) is 6.45. The molecule has 4 aliphatic carbocycles. The number of nitrogens with zero attached hydrogens (tertiary/aromatic N) is 3. The molecule has 4 nitrogen and oxygen atoms in total. The van der Waals surface area contributed by atoms with E-state index in [1.165, 1.54) is 47.8 Å². The van der Waals surface area contributed by atoms with E-state index in [-0.39, 0.29) is 48.2 Å². The van der Waals surface area contributed by atoms with Gasteiger partial charge in [-0.15, -0.1) is 53.6 Å². The largest absolute Gasteiger partial charge is 0.486 e. The minimum Gasteiger partial charge on any atom is -0.486 e. The van der Waals surface area contributed by atoms with Crippen LogP contribution in [0.5, 0.6) is 0 Å². The van der Waals surface area contributed by atoms with Crippen molar-refractivity contribution in [3.05, 3.63) is 172 Å². The van der Waals surface area contributed by atoms with Gasteiger partial charge in [0.2, 0.25) is 5.71 Å². The standard InChI is InChI=1S/C34H27N2O.C13H12N.Ir/c1-21-20-35-32(29-5-3-4-27-28-17-6-22(2)36-34(28)37-33(27)29)19-30(21)31-18-25-12-11-23-7-9-24(10-8-23)13-15-26(31)16-14-25;1-10-3-6-12(7-4-10)13-8-5-11(2)9-14-13;/h3-4,6-10,14,16-20H,11-13,15H2,1-2H3;3-6,8-9H,1-2H3;/q2*-1;/i2*1D3,2D3;. The zero-order valence-electron chi connectivity index (χ0n) is 39.9. The summed E-state index contributed by atoms with van der Waals surface area (Å²) in [6, 6.07) is 37.4. The molecular formula is C47H39IrN3O-2. The molecule has 1 radical (unpaired) electrons. The maximum Gasteiger partial charge on any atom is 0.216 e. The number of benzene rings is 4. The van der Waals surface area contributed by atoms with Crippen LogP contribution >= 0.6 is 0 Å². The zero-order chi connectivity index (χ0) is 44.9. The summed E-state index contributed by atoms with van der Waals surface area (Å²) in [7, 11) is 0. The smallest absolute Gasteiger partial charge is 0.216 e. The Morgan fingerprint density at radius 2 is 1.42 bits per heavy atom. The third kappa shape index (κ3) is 7.39. The SMILES string of the molecule is [2H]C([2H])([2H])c1c[c-]c(-c2ccc(C([2H])([2H])[2H])cn2)cc1.[2H]C([2H])([2H])c1ccc2c(n1)oc1c(-c3cc(-c4cc5ccc4CCc4ccc(cc4)CC5)c(C([2H])([2H])[2H])cn3)[c-]ccc12.[Ir]. The van der Waals surface area contributed by atoms with Crippen molar-refractivity contribution in [1.29, 1.82) is 0 Å². The first-order valence-corrected chi connectivity index (χ1v) is 16.7. The molecule has 8 aromatic rings. The molecule has 4 bridgehead atoms. The molecule has 52 heavy (non-hydrogen) atoms. The van der Waals surface area contributed by atoms with Crippen molar-refractivity contribution in [1.82, 2.24) is 15.0 Å². The molecule has 0 fully saturated rings. The third-order valence-corrected chi connectivity index (χ3v) is 9.18. The Balaban J connectivity index is 0.000000246. The van der Waals surface area contributed by atoms with Gasteiger partial charge in [0.1, 0.15) is 0 Å². The quantitative estimate of drug-likeness (QED) is 0.166. The topological polar surface area (TPSA) is 51.8 Å². The van der Waals surface area contributed by atoms with E-state index in [1.54, 1.807) is 24.3 Å². The molecule has 0 saturated heterocycles. The van der Waals surface area contributed by atoms with Crippen molar-refractivity contribution in [2.24, 2.45) is 0 Å². The molecule has 0 spiro atoms. The minimum atomic E-state index is -2.38. The van der Waals surface area contributed by atoms with Crippen LogP contribution in [-0.4, -0.2) is 15.0 Å². The first-order valence-electron chi connectivity index (χ1n) is 22.7. The van der Waals surface area contributed by atoms with Gasteiger partial charge in [-0.3, -0.25) is 0 Å². The number of rotatable bonds is 3. The normalized spacial score (nSPS) is 16.5. The molecule has 0 amide bonds. The van der Waals surface area contributed by atoms with Gasteiger partial charge in [-0.2, -0.15) is 0 Å². The van der Waals surface area contributed by atoms with E-state index in [2.05, 4.69) is 69.5 Å². The van der Waals surface area contributed by atoms with E-state index in [0.717, 1.165) is 47.8 Å². The summed E-state index contributed by atoms with van der Waals surface area (Å²) >= 11 is 0. The predicted octanol–water partition coefficient (Wildman–Crippen LogP) is 11.2. The van der Waals surface area contributed by atoms with Crippen LogP contribution in [0.4, 0.5) is 0 Å². The molecule has 4 aliphatic rings. The average molecular weight is 866 g/mol. The maximum atomic E-state index is 8.35. The second kappa shape index (κ2) is 15.2. The fourth-order valence-electron chi connectivity index (χ4n) is 6.45. The van der Waals surface area contributed by atoms with Crippen molar-refractivity contribution in [3.8, 4) is 33.6 Å². The van der Waals surface area contributed by atoms with Crippen molar-refractivity contribution < 1.29 is 41.0 Å². The second-order valence-electron chi connectivity index (χ2n) is 12.6. The number of pyridine rings is 3. The van der Waals surface area contributed by atoms with Gasteiger partial charge < -0.3 is 14.4 Å².